The number of amides is 2. The number of carbonyl (C=O) groups is 2. The standard InChI is InChI=1S/C16H19N3O3/c1-10-7-11-3-5-17-13(11)8-12(10)18-15(22)19-6-4-16(2,9-19)14(20)21/h3,5,7-8,17H,4,6,9H2,1-2H3,(H,18,22)(H,20,21). The summed E-state index contributed by atoms with van der Waals surface area (Å²) in [5, 5.41) is 13.2. The van der Waals surface area contributed by atoms with E-state index in [9.17, 15) is 14.7 Å². The Morgan fingerprint density at radius 3 is 2.86 bits per heavy atom. The van der Waals surface area contributed by atoms with Crippen molar-refractivity contribution in [3.63, 3.8) is 0 Å². The monoisotopic (exact) mass is 301 g/mol. The number of H-pyrrole nitrogens is 1. The number of nitrogens with zero attached hydrogens (tertiary/aromatic N) is 1. The van der Waals surface area contributed by atoms with Gasteiger partial charge in [-0.25, -0.2) is 4.79 Å². The molecule has 2 heterocycles. The molecule has 0 aliphatic carbocycles. The third-order valence-electron chi connectivity index (χ3n) is 4.42. The van der Waals surface area contributed by atoms with Crippen molar-refractivity contribution in [1.82, 2.24) is 9.88 Å². The van der Waals surface area contributed by atoms with Crippen LogP contribution < -0.4 is 5.32 Å². The number of hydrogen-bond donors (Lipinski definition) is 3. The minimum Gasteiger partial charge on any atom is -0.481 e. The maximum Gasteiger partial charge on any atom is 0.321 e. The predicted octanol–water partition coefficient (Wildman–Crippen LogP) is 2.80. The second kappa shape index (κ2) is 5.05. The minimum absolute atomic E-state index is 0.234. The van der Waals surface area contributed by atoms with E-state index in [0.717, 1.165) is 22.2 Å². The molecule has 3 rings (SSSR count). The molecule has 0 spiro atoms. The number of hydrogen-bond acceptors (Lipinski definition) is 2. The van der Waals surface area contributed by atoms with Crippen LogP contribution >= 0.6 is 0 Å². The predicted molar refractivity (Wildman–Crippen MR) is 84.0 cm³/mol. The van der Waals surface area contributed by atoms with Crippen LogP contribution in [0, 0.1) is 12.3 Å². The number of aliphatic carboxylic acids is 1. The Hall–Kier alpha value is -2.50. The SMILES string of the molecule is Cc1cc2cc[nH]c2cc1NC(=O)N1CCC(C)(C(=O)O)C1. The Morgan fingerprint density at radius 1 is 1.41 bits per heavy atom. The number of carboxylic acid groups (broad SMARTS) is 1. The molecule has 1 atom stereocenters. The summed E-state index contributed by atoms with van der Waals surface area (Å²) >= 11 is 0. The molecule has 3 N–H and O–H groups in total. The normalized spacial score (nSPS) is 21.3. The van der Waals surface area contributed by atoms with Crippen LogP contribution in [0.3, 0.4) is 0 Å². The van der Waals surface area contributed by atoms with Gasteiger partial charge in [0.2, 0.25) is 0 Å². The number of aromatic amines is 1. The Morgan fingerprint density at radius 2 is 2.18 bits per heavy atom. The van der Waals surface area contributed by atoms with Gasteiger partial charge < -0.3 is 20.3 Å². The average Bonchev–Trinajstić information content (AvgIpc) is 3.06. The zero-order valence-electron chi connectivity index (χ0n) is 12.6. The van der Waals surface area contributed by atoms with Crippen LogP contribution in [0.4, 0.5) is 10.5 Å². The van der Waals surface area contributed by atoms with E-state index < -0.39 is 11.4 Å². The van der Waals surface area contributed by atoms with Gasteiger partial charge in [-0.15, -0.1) is 0 Å². The maximum atomic E-state index is 12.4. The third-order valence-corrected chi connectivity index (χ3v) is 4.42. The highest BCUT2D eigenvalue weighted by Gasteiger charge is 2.42. The van der Waals surface area contributed by atoms with Gasteiger partial charge >= 0.3 is 12.0 Å². The zero-order valence-corrected chi connectivity index (χ0v) is 12.6. The molecule has 1 aliphatic rings. The van der Waals surface area contributed by atoms with Gasteiger partial charge in [0.25, 0.3) is 0 Å². The fourth-order valence-electron chi connectivity index (χ4n) is 2.85. The molecule has 2 amide bonds. The summed E-state index contributed by atoms with van der Waals surface area (Å²) in [4.78, 5) is 28.3. The molecular formula is C16H19N3O3. The summed E-state index contributed by atoms with van der Waals surface area (Å²) in [6.07, 6.45) is 2.33. The summed E-state index contributed by atoms with van der Waals surface area (Å²) in [5.41, 5.74) is 1.82. The van der Waals surface area contributed by atoms with Crippen LogP contribution in [-0.4, -0.2) is 40.1 Å². The number of anilines is 1. The summed E-state index contributed by atoms with van der Waals surface area (Å²) in [7, 11) is 0. The van der Waals surface area contributed by atoms with Crippen molar-refractivity contribution >= 4 is 28.6 Å². The number of likely N-dealkylation sites (tertiary alicyclic amines) is 1. The summed E-state index contributed by atoms with van der Waals surface area (Å²) in [5.74, 6) is -0.855. The van der Waals surface area contributed by atoms with E-state index >= 15 is 0 Å². The van der Waals surface area contributed by atoms with Gasteiger partial charge in [-0.2, -0.15) is 0 Å². The number of aromatic nitrogens is 1. The van der Waals surface area contributed by atoms with Gasteiger partial charge in [0.15, 0.2) is 0 Å². The number of aryl methyl sites for hydroxylation is 1. The lowest BCUT2D eigenvalue weighted by Gasteiger charge is -2.21. The van der Waals surface area contributed by atoms with Crippen LogP contribution in [0.2, 0.25) is 0 Å². The van der Waals surface area contributed by atoms with Crippen molar-refractivity contribution in [3.05, 3.63) is 30.0 Å². The quantitative estimate of drug-likeness (QED) is 0.797. The van der Waals surface area contributed by atoms with Crippen molar-refractivity contribution in [1.29, 1.82) is 0 Å². The number of benzene rings is 1. The highest BCUT2D eigenvalue weighted by Crippen LogP contribution is 2.31. The first-order chi connectivity index (χ1) is 10.4. The van der Waals surface area contributed by atoms with Gasteiger partial charge in [-0.1, -0.05) is 0 Å². The molecule has 1 saturated heterocycles. The number of carboxylic acids is 1. The van der Waals surface area contributed by atoms with Crippen LogP contribution in [0.15, 0.2) is 24.4 Å². The van der Waals surface area contributed by atoms with Crippen molar-refractivity contribution in [3.8, 4) is 0 Å². The van der Waals surface area contributed by atoms with E-state index in [-0.39, 0.29) is 12.6 Å². The first-order valence-corrected chi connectivity index (χ1v) is 7.26. The number of rotatable bonds is 2. The van der Waals surface area contributed by atoms with E-state index in [1.54, 1.807) is 11.8 Å². The smallest absolute Gasteiger partial charge is 0.321 e. The molecule has 1 aromatic carbocycles. The first kappa shape index (κ1) is 14.4. The molecule has 1 aliphatic heterocycles. The fraction of sp³-hybridized carbons (Fsp3) is 0.375. The third kappa shape index (κ3) is 2.41. The molecule has 6 nitrogen and oxygen atoms in total. The molecule has 2 aromatic rings. The molecule has 6 heteroatoms. The number of nitrogens with one attached hydrogen (secondary N) is 2. The molecular weight excluding hydrogens is 282 g/mol. The maximum absolute atomic E-state index is 12.4. The van der Waals surface area contributed by atoms with Crippen LogP contribution in [0.1, 0.15) is 18.9 Å². The Balaban J connectivity index is 1.76. The molecule has 0 saturated carbocycles. The fourth-order valence-corrected chi connectivity index (χ4v) is 2.85. The molecule has 0 bridgehead atoms. The lowest BCUT2D eigenvalue weighted by Crippen LogP contribution is -2.37. The van der Waals surface area contributed by atoms with Gasteiger partial charge in [-0.3, -0.25) is 4.79 Å². The first-order valence-electron chi connectivity index (χ1n) is 7.26. The molecule has 1 unspecified atom stereocenters. The second-order valence-electron chi connectivity index (χ2n) is 6.20. The van der Waals surface area contributed by atoms with Gasteiger partial charge in [0.05, 0.1) is 5.41 Å². The van der Waals surface area contributed by atoms with E-state index in [2.05, 4.69) is 10.3 Å². The summed E-state index contributed by atoms with van der Waals surface area (Å²) in [6.45, 7) is 4.31. The highest BCUT2D eigenvalue weighted by atomic mass is 16.4. The number of carbonyl (C=O) groups excluding carboxylic acids is 1. The van der Waals surface area contributed by atoms with E-state index in [1.807, 2.05) is 31.3 Å². The average molecular weight is 301 g/mol. The van der Waals surface area contributed by atoms with Crippen molar-refractivity contribution in [2.45, 2.75) is 20.3 Å². The zero-order chi connectivity index (χ0) is 15.9. The van der Waals surface area contributed by atoms with Gasteiger partial charge in [0, 0.05) is 30.5 Å². The van der Waals surface area contributed by atoms with E-state index in [1.165, 1.54) is 0 Å². The topological polar surface area (TPSA) is 85.4 Å². The Labute approximate surface area is 128 Å². The minimum atomic E-state index is -0.855. The van der Waals surface area contributed by atoms with Crippen molar-refractivity contribution in [2.24, 2.45) is 5.41 Å². The van der Waals surface area contributed by atoms with Gasteiger partial charge in [-0.05, 0) is 49.4 Å². The van der Waals surface area contributed by atoms with Crippen LogP contribution in [0.5, 0.6) is 0 Å². The Bertz CT molecular complexity index is 752. The van der Waals surface area contributed by atoms with Crippen molar-refractivity contribution in [2.75, 3.05) is 18.4 Å². The highest BCUT2D eigenvalue weighted by molar-refractivity contribution is 5.94. The van der Waals surface area contributed by atoms with Crippen LogP contribution in [0.25, 0.3) is 10.9 Å². The lowest BCUT2D eigenvalue weighted by atomic mass is 9.90. The molecule has 1 fully saturated rings. The van der Waals surface area contributed by atoms with Crippen LogP contribution in [-0.2, 0) is 4.79 Å². The summed E-state index contributed by atoms with van der Waals surface area (Å²) < 4.78 is 0. The van der Waals surface area contributed by atoms with E-state index in [4.69, 9.17) is 0 Å². The van der Waals surface area contributed by atoms with E-state index in [0.29, 0.717) is 13.0 Å². The van der Waals surface area contributed by atoms with Crippen molar-refractivity contribution < 1.29 is 14.7 Å². The molecule has 1 aromatic heterocycles. The Kier molecular flexibility index (Phi) is 3.31. The molecule has 22 heavy (non-hydrogen) atoms. The molecule has 0 radical (unpaired) electrons. The van der Waals surface area contributed by atoms with Gasteiger partial charge in [0.1, 0.15) is 0 Å². The second-order valence-corrected chi connectivity index (χ2v) is 6.20. The largest absolute Gasteiger partial charge is 0.481 e. The number of urea groups is 1. The summed E-state index contributed by atoms with van der Waals surface area (Å²) in [6, 6.07) is 5.63. The number of fused-ring (bicyclic) bond motifs is 1. The lowest BCUT2D eigenvalue weighted by molar-refractivity contribution is -0.146. The molecule has 116 valence electrons.